The zero-order chi connectivity index (χ0) is 14.9. The number of aromatic carboxylic acids is 1. The van der Waals surface area contributed by atoms with E-state index in [9.17, 15) is 9.59 Å². The van der Waals surface area contributed by atoms with Crippen molar-refractivity contribution in [2.75, 3.05) is 5.32 Å². The molecule has 0 aliphatic carbocycles. The maximum Gasteiger partial charge on any atom is 0.348 e. The van der Waals surface area contributed by atoms with E-state index in [-0.39, 0.29) is 10.8 Å². The molecule has 0 radical (unpaired) electrons. The third-order valence-electron chi connectivity index (χ3n) is 3.26. The Morgan fingerprint density at radius 3 is 2.50 bits per heavy atom. The van der Waals surface area contributed by atoms with Crippen molar-refractivity contribution in [3.63, 3.8) is 0 Å². The van der Waals surface area contributed by atoms with E-state index in [2.05, 4.69) is 5.32 Å². The standard InChI is InChI=1S/C15H15NO3S/c1-8-5-4-6-11(10(8)3)14(17)16-12-9(2)7-20-13(12)15(18)19/h4-7H,1-3H3,(H,16,17)(H,18,19). The average Bonchev–Trinajstić information content (AvgIpc) is 2.74. The van der Waals surface area contributed by atoms with Gasteiger partial charge < -0.3 is 10.4 Å². The maximum atomic E-state index is 12.3. The lowest BCUT2D eigenvalue weighted by atomic mass is 10.0. The van der Waals surface area contributed by atoms with E-state index in [1.165, 1.54) is 0 Å². The number of anilines is 1. The van der Waals surface area contributed by atoms with E-state index in [0.717, 1.165) is 28.0 Å². The van der Waals surface area contributed by atoms with Crippen LogP contribution in [0.3, 0.4) is 0 Å². The number of benzene rings is 1. The highest BCUT2D eigenvalue weighted by Crippen LogP contribution is 2.28. The number of carbonyl (C=O) groups excluding carboxylic acids is 1. The normalized spacial score (nSPS) is 10.3. The molecule has 0 aliphatic rings. The summed E-state index contributed by atoms with van der Waals surface area (Å²) in [5.41, 5.74) is 3.62. The monoisotopic (exact) mass is 289 g/mol. The molecule has 2 rings (SSSR count). The van der Waals surface area contributed by atoms with Crippen molar-refractivity contribution in [2.45, 2.75) is 20.8 Å². The first-order chi connectivity index (χ1) is 9.41. The molecule has 0 spiro atoms. The summed E-state index contributed by atoms with van der Waals surface area (Å²) in [5.74, 6) is -1.31. The maximum absolute atomic E-state index is 12.3. The first-order valence-electron chi connectivity index (χ1n) is 6.10. The lowest BCUT2D eigenvalue weighted by Crippen LogP contribution is -2.15. The molecule has 1 heterocycles. The van der Waals surface area contributed by atoms with Crippen LogP contribution in [0, 0.1) is 20.8 Å². The van der Waals surface area contributed by atoms with Crippen LogP contribution in [0.1, 0.15) is 36.7 Å². The lowest BCUT2D eigenvalue weighted by Gasteiger charge is -2.10. The fourth-order valence-corrected chi connectivity index (χ4v) is 2.78. The molecule has 0 aliphatic heterocycles. The van der Waals surface area contributed by atoms with Crippen molar-refractivity contribution >= 4 is 28.9 Å². The molecule has 0 saturated carbocycles. The number of hydrogen-bond donors (Lipinski definition) is 2. The molecule has 20 heavy (non-hydrogen) atoms. The molecule has 0 fully saturated rings. The first kappa shape index (κ1) is 14.3. The summed E-state index contributed by atoms with van der Waals surface area (Å²) in [6, 6.07) is 5.49. The van der Waals surface area contributed by atoms with Crippen molar-refractivity contribution in [2.24, 2.45) is 0 Å². The van der Waals surface area contributed by atoms with Gasteiger partial charge >= 0.3 is 5.97 Å². The molecule has 1 aromatic carbocycles. The number of aryl methyl sites for hydroxylation is 2. The van der Waals surface area contributed by atoms with Crippen LogP contribution in [0.5, 0.6) is 0 Å². The van der Waals surface area contributed by atoms with Gasteiger partial charge in [-0.2, -0.15) is 0 Å². The van der Waals surface area contributed by atoms with E-state index in [4.69, 9.17) is 5.11 Å². The summed E-state index contributed by atoms with van der Waals surface area (Å²) < 4.78 is 0. The van der Waals surface area contributed by atoms with Crippen LogP contribution in [0.15, 0.2) is 23.6 Å². The second-order valence-electron chi connectivity index (χ2n) is 4.63. The Balaban J connectivity index is 2.35. The average molecular weight is 289 g/mol. The minimum atomic E-state index is -1.03. The molecule has 5 heteroatoms. The third kappa shape index (κ3) is 2.58. The number of nitrogens with one attached hydrogen (secondary N) is 1. The smallest absolute Gasteiger partial charge is 0.348 e. The van der Waals surface area contributed by atoms with Gasteiger partial charge in [0.25, 0.3) is 5.91 Å². The fraction of sp³-hybridized carbons (Fsp3) is 0.200. The lowest BCUT2D eigenvalue weighted by molar-refractivity contribution is 0.0703. The van der Waals surface area contributed by atoms with Crippen LogP contribution in [0.2, 0.25) is 0 Å². The van der Waals surface area contributed by atoms with Crippen LogP contribution < -0.4 is 5.32 Å². The number of carboxylic acid groups (broad SMARTS) is 1. The molecule has 104 valence electrons. The summed E-state index contributed by atoms with van der Waals surface area (Å²) in [4.78, 5) is 23.6. The second-order valence-corrected chi connectivity index (χ2v) is 5.51. The van der Waals surface area contributed by atoms with Crippen molar-refractivity contribution in [3.8, 4) is 0 Å². The van der Waals surface area contributed by atoms with Gasteiger partial charge in [0.05, 0.1) is 5.69 Å². The minimum Gasteiger partial charge on any atom is -0.477 e. The van der Waals surface area contributed by atoms with E-state index in [1.54, 1.807) is 18.4 Å². The third-order valence-corrected chi connectivity index (χ3v) is 4.34. The molecule has 0 saturated heterocycles. The summed E-state index contributed by atoms with van der Waals surface area (Å²) >= 11 is 1.11. The van der Waals surface area contributed by atoms with E-state index in [1.807, 2.05) is 26.0 Å². The van der Waals surface area contributed by atoms with Crippen LogP contribution in [0.4, 0.5) is 5.69 Å². The molecular formula is C15H15NO3S. The topological polar surface area (TPSA) is 66.4 Å². The Bertz CT molecular complexity index is 688. The van der Waals surface area contributed by atoms with Gasteiger partial charge in [-0.3, -0.25) is 4.79 Å². The Morgan fingerprint density at radius 1 is 1.15 bits per heavy atom. The fourth-order valence-electron chi connectivity index (χ4n) is 1.93. The zero-order valence-corrected chi connectivity index (χ0v) is 12.3. The van der Waals surface area contributed by atoms with Crippen molar-refractivity contribution in [3.05, 3.63) is 50.7 Å². The Labute approximate surface area is 121 Å². The SMILES string of the molecule is Cc1cccc(C(=O)Nc2c(C)csc2C(=O)O)c1C. The van der Waals surface area contributed by atoms with E-state index in [0.29, 0.717) is 11.3 Å². The van der Waals surface area contributed by atoms with Crippen LogP contribution >= 0.6 is 11.3 Å². The van der Waals surface area contributed by atoms with Gasteiger partial charge in [-0.05, 0) is 48.9 Å². The van der Waals surface area contributed by atoms with Gasteiger partial charge in [-0.25, -0.2) is 4.79 Å². The van der Waals surface area contributed by atoms with Crippen molar-refractivity contribution in [1.29, 1.82) is 0 Å². The molecule has 0 atom stereocenters. The second kappa shape index (κ2) is 5.46. The van der Waals surface area contributed by atoms with Crippen molar-refractivity contribution < 1.29 is 14.7 Å². The number of hydrogen-bond acceptors (Lipinski definition) is 3. The van der Waals surface area contributed by atoms with Gasteiger partial charge in [0.1, 0.15) is 4.88 Å². The predicted octanol–water partition coefficient (Wildman–Crippen LogP) is 3.62. The number of thiophene rings is 1. The van der Waals surface area contributed by atoms with Gasteiger partial charge in [0.2, 0.25) is 0 Å². The Morgan fingerprint density at radius 2 is 1.85 bits per heavy atom. The molecular weight excluding hydrogens is 274 g/mol. The Kier molecular flexibility index (Phi) is 3.90. The van der Waals surface area contributed by atoms with Gasteiger partial charge in [-0.15, -0.1) is 11.3 Å². The van der Waals surface area contributed by atoms with Crippen LogP contribution in [-0.2, 0) is 0 Å². The molecule has 1 aromatic heterocycles. The molecule has 4 nitrogen and oxygen atoms in total. The largest absolute Gasteiger partial charge is 0.477 e. The number of amides is 1. The predicted molar refractivity (Wildman–Crippen MR) is 79.9 cm³/mol. The summed E-state index contributed by atoms with van der Waals surface area (Å²) in [7, 11) is 0. The highest BCUT2D eigenvalue weighted by atomic mass is 32.1. The van der Waals surface area contributed by atoms with Gasteiger partial charge in [0, 0.05) is 5.56 Å². The molecule has 1 amide bonds. The van der Waals surface area contributed by atoms with Gasteiger partial charge in [0.15, 0.2) is 0 Å². The summed E-state index contributed by atoms with van der Waals surface area (Å²) in [5, 5.41) is 13.6. The minimum absolute atomic E-state index is 0.154. The highest BCUT2D eigenvalue weighted by Gasteiger charge is 2.19. The van der Waals surface area contributed by atoms with Crippen molar-refractivity contribution in [1.82, 2.24) is 0 Å². The first-order valence-corrected chi connectivity index (χ1v) is 6.98. The summed E-state index contributed by atoms with van der Waals surface area (Å²) in [6.45, 7) is 5.59. The summed E-state index contributed by atoms with van der Waals surface area (Å²) in [6.07, 6.45) is 0. The highest BCUT2D eigenvalue weighted by molar-refractivity contribution is 7.12. The number of carboxylic acids is 1. The number of carbonyl (C=O) groups is 2. The Hall–Kier alpha value is -2.14. The molecule has 2 aromatic rings. The van der Waals surface area contributed by atoms with Crippen LogP contribution in [-0.4, -0.2) is 17.0 Å². The molecule has 2 N–H and O–H groups in total. The zero-order valence-electron chi connectivity index (χ0n) is 11.5. The molecule has 0 unspecified atom stereocenters. The van der Waals surface area contributed by atoms with Crippen LogP contribution in [0.25, 0.3) is 0 Å². The van der Waals surface area contributed by atoms with E-state index < -0.39 is 5.97 Å². The quantitative estimate of drug-likeness (QED) is 0.906. The molecule has 0 bridgehead atoms. The van der Waals surface area contributed by atoms with Gasteiger partial charge in [-0.1, -0.05) is 12.1 Å². The number of rotatable bonds is 3. The van der Waals surface area contributed by atoms with E-state index >= 15 is 0 Å².